The summed E-state index contributed by atoms with van der Waals surface area (Å²) in [6, 6.07) is 4.32. The monoisotopic (exact) mass is 242 g/mol. The zero-order valence-electron chi connectivity index (χ0n) is 7.30. The minimum absolute atomic E-state index is 0.0191. The van der Waals surface area contributed by atoms with E-state index in [4.69, 9.17) is 8.06 Å². The molecule has 2 rings (SSSR count). The number of benzene rings is 1. The predicted octanol–water partition coefficient (Wildman–Crippen LogP) is 1.24. The number of esters is 1. The Hall–Kier alpha value is -1.24. The molecule has 1 unspecified atom stereocenters. The van der Waals surface area contributed by atoms with E-state index >= 15 is 0 Å². The van der Waals surface area contributed by atoms with Gasteiger partial charge >= 0.3 is 96.0 Å². The molecule has 0 saturated heterocycles. The molecule has 1 aliphatic rings. The van der Waals surface area contributed by atoms with Crippen molar-refractivity contribution in [2.45, 2.75) is 6.29 Å². The number of rotatable bonds is 2. The van der Waals surface area contributed by atoms with Crippen LogP contribution in [-0.4, -0.2) is 10.9 Å². The van der Waals surface area contributed by atoms with Crippen molar-refractivity contribution in [1.82, 2.24) is 0 Å². The number of carbonyl (C=O) groups excluding carboxylic acids is 1. The van der Waals surface area contributed by atoms with Gasteiger partial charge in [-0.2, -0.15) is 0 Å². The van der Waals surface area contributed by atoms with Gasteiger partial charge in [-0.3, -0.25) is 0 Å². The molecule has 1 aromatic carbocycles. The first kappa shape index (κ1) is 10.3. The second-order valence-corrected chi connectivity index (χ2v) is 3.22. The Balaban J connectivity index is 2.61. The Labute approximate surface area is 96.2 Å². The van der Waals surface area contributed by atoms with E-state index in [1.165, 1.54) is 33.0 Å². The van der Waals surface area contributed by atoms with Crippen molar-refractivity contribution in [3.8, 4) is 0 Å². The summed E-state index contributed by atoms with van der Waals surface area (Å²) in [5.41, 5.74) is 0.128. The number of cyclic esters (lactones) is 1. The Bertz CT molecular complexity index is 447. The van der Waals surface area contributed by atoms with Crippen molar-refractivity contribution in [3.05, 3.63) is 39.4 Å². The molecule has 15 heavy (non-hydrogen) atoms. The minimum atomic E-state index is -0.840. The van der Waals surface area contributed by atoms with Gasteiger partial charge in [0.25, 0.3) is 0 Å². The molecule has 1 atom stereocenters. The van der Waals surface area contributed by atoms with Gasteiger partial charge < -0.3 is 0 Å². The van der Waals surface area contributed by atoms with E-state index in [-0.39, 0.29) is 11.3 Å². The Morgan fingerprint density at radius 1 is 1.53 bits per heavy atom. The van der Waals surface area contributed by atoms with E-state index in [1.807, 2.05) is 0 Å². The number of nitro groups is 1. The zero-order valence-corrected chi connectivity index (χ0v) is 8.86. The van der Waals surface area contributed by atoms with Crippen molar-refractivity contribution >= 4 is 11.7 Å². The van der Waals surface area contributed by atoms with Crippen LogP contribution in [0.1, 0.15) is 22.2 Å². The normalized spacial score (nSPS) is 18.3. The molecule has 0 N–H and O–H groups in total. The summed E-state index contributed by atoms with van der Waals surface area (Å²) in [5, 5.41) is 10.7. The van der Waals surface area contributed by atoms with Crippen molar-refractivity contribution < 1.29 is 38.6 Å². The molecular formula is C8H4NO5Ti. The van der Waals surface area contributed by atoms with E-state index in [0.717, 1.165) is 0 Å². The van der Waals surface area contributed by atoms with Crippen LogP contribution in [-0.2, 0) is 28.9 Å². The van der Waals surface area contributed by atoms with Gasteiger partial charge in [-0.1, -0.05) is 0 Å². The van der Waals surface area contributed by atoms with Crippen LogP contribution < -0.4 is 0 Å². The third-order valence-corrected chi connectivity index (χ3v) is 2.38. The van der Waals surface area contributed by atoms with E-state index in [1.54, 1.807) is 6.07 Å². The van der Waals surface area contributed by atoms with E-state index in [0.29, 0.717) is 5.56 Å². The quantitative estimate of drug-likeness (QED) is 0.337. The van der Waals surface area contributed by atoms with Crippen LogP contribution in [0.4, 0.5) is 5.69 Å². The van der Waals surface area contributed by atoms with Crippen LogP contribution >= 0.6 is 0 Å². The number of ether oxygens (including phenoxy) is 1. The zero-order chi connectivity index (χ0) is 11.0. The fraction of sp³-hybridized carbons (Fsp3) is 0.125. The Morgan fingerprint density at radius 2 is 2.27 bits per heavy atom. The van der Waals surface area contributed by atoms with Crippen LogP contribution in [0.25, 0.3) is 0 Å². The number of fused-ring (bicyclic) bond motifs is 1. The van der Waals surface area contributed by atoms with Crippen molar-refractivity contribution in [3.63, 3.8) is 0 Å². The van der Waals surface area contributed by atoms with Gasteiger partial charge in [0, 0.05) is 0 Å². The van der Waals surface area contributed by atoms with Gasteiger partial charge in [-0.15, -0.1) is 0 Å². The van der Waals surface area contributed by atoms with Gasteiger partial charge in [0.1, 0.15) is 0 Å². The first-order chi connectivity index (χ1) is 7.15. The van der Waals surface area contributed by atoms with E-state index in [2.05, 4.69) is 0 Å². The molecule has 1 aliphatic heterocycles. The first-order valence-electron chi connectivity index (χ1n) is 3.96. The molecule has 0 amide bonds. The predicted molar refractivity (Wildman–Crippen MR) is 42.3 cm³/mol. The molecule has 75 valence electrons. The number of hydrogen-bond donors (Lipinski definition) is 0. The summed E-state index contributed by atoms with van der Waals surface area (Å²) < 4.78 is 9.68. The number of carbonyl (C=O) groups is 1. The SMILES string of the molecule is O=C1OC([O][Ti])c2cccc([N+](=O)[O-])c21. The van der Waals surface area contributed by atoms with Crippen LogP contribution in [0.5, 0.6) is 0 Å². The van der Waals surface area contributed by atoms with Crippen LogP contribution in [0.15, 0.2) is 18.2 Å². The molecule has 6 nitrogen and oxygen atoms in total. The second kappa shape index (κ2) is 3.73. The number of nitro benzene ring substituents is 1. The molecule has 0 radical (unpaired) electrons. The molecule has 1 aromatic rings. The van der Waals surface area contributed by atoms with E-state index < -0.39 is 17.2 Å². The summed E-state index contributed by atoms with van der Waals surface area (Å²) >= 11 is 1.37. The standard InChI is InChI=1S/C8H4NO5.Ti/c10-7-4-2-1-3-5(9(12)13)6(4)8(11)14-7;/h1-3,7H;/q-1;+1. The summed E-state index contributed by atoms with van der Waals surface area (Å²) in [5.74, 6) is -0.718. The van der Waals surface area contributed by atoms with Crippen LogP contribution in [0.2, 0.25) is 0 Å². The molecule has 0 aliphatic carbocycles. The Kier molecular flexibility index (Phi) is 2.56. The second-order valence-electron chi connectivity index (χ2n) is 2.85. The molecule has 7 heteroatoms. The van der Waals surface area contributed by atoms with E-state index in [9.17, 15) is 14.9 Å². The Morgan fingerprint density at radius 3 is 2.87 bits per heavy atom. The molecule has 0 spiro atoms. The third kappa shape index (κ3) is 1.56. The summed E-state index contributed by atoms with van der Waals surface area (Å²) in [6.45, 7) is 0. The third-order valence-electron chi connectivity index (χ3n) is 2.05. The molecule has 0 aromatic heterocycles. The van der Waals surface area contributed by atoms with Gasteiger partial charge in [0.05, 0.1) is 0 Å². The summed E-state index contributed by atoms with van der Waals surface area (Å²) in [6.07, 6.45) is -0.840. The molecular weight excluding hydrogens is 238 g/mol. The van der Waals surface area contributed by atoms with Crippen molar-refractivity contribution in [1.29, 1.82) is 0 Å². The van der Waals surface area contributed by atoms with Crippen molar-refractivity contribution in [2.24, 2.45) is 0 Å². The molecule has 0 saturated carbocycles. The molecule has 1 heterocycles. The van der Waals surface area contributed by atoms with Crippen LogP contribution in [0.3, 0.4) is 0 Å². The topological polar surface area (TPSA) is 78.7 Å². The summed E-state index contributed by atoms with van der Waals surface area (Å²) in [7, 11) is 0. The average molecular weight is 242 g/mol. The summed E-state index contributed by atoms with van der Waals surface area (Å²) in [4.78, 5) is 21.4. The molecule has 0 bridgehead atoms. The number of nitrogens with zero attached hydrogens (tertiary/aromatic N) is 1. The average Bonchev–Trinajstić information content (AvgIpc) is 2.55. The maximum atomic E-state index is 11.4. The van der Waals surface area contributed by atoms with Crippen molar-refractivity contribution in [2.75, 3.05) is 0 Å². The van der Waals surface area contributed by atoms with Gasteiger partial charge in [-0.05, 0) is 0 Å². The fourth-order valence-corrected chi connectivity index (χ4v) is 1.71. The number of hydrogen-bond acceptors (Lipinski definition) is 5. The van der Waals surface area contributed by atoms with Crippen LogP contribution in [0, 0.1) is 10.1 Å². The van der Waals surface area contributed by atoms with Gasteiger partial charge in [0.15, 0.2) is 0 Å². The maximum absolute atomic E-state index is 11.4. The van der Waals surface area contributed by atoms with Gasteiger partial charge in [-0.25, -0.2) is 0 Å². The van der Waals surface area contributed by atoms with Gasteiger partial charge in [0.2, 0.25) is 0 Å². The molecule has 0 fully saturated rings. The fourth-order valence-electron chi connectivity index (χ4n) is 1.44. The first-order valence-corrected chi connectivity index (χ1v) is 4.59.